The smallest absolute Gasteiger partial charge is 0.225 e. The summed E-state index contributed by atoms with van der Waals surface area (Å²) in [5.41, 5.74) is 2.96. The summed E-state index contributed by atoms with van der Waals surface area (Å²) in [6, 6.07) is 4.55. The summed E-state index contributed by atoms with van der Waals surface area (Å²) in [7, 11) is 0. The van der Waals surface area contributed by atoms with Crippen LogP contribution < -0.4 is 4.90 Å². The summed E-state index contributed by atoms with van der Waals surface area (Å²) in [6.07, 6.45) is 4.20. The molecule has 23 heavy (non-hydrogen) atoms. The normalized spacial score (nSPS) is 23.7. The molecule has 5 rings (SSSR count). The second-order valence-electron chi connectivity index (χ2n) is 6.58. The van der Waals surface area contributed by atoms with Crippen LogP contribution in [-0.4, -0.2) is 45.0 Å². The summed E-state index contributed by atoms with van der Waals surface area (Å²) in [5.74, 6) is 0.572. The number of aromatic nitrogens is 3. The fourth-order valence-corrected chi connectivity index (χ4v) is 3.71. The lowest BCUT2D eigenvalue weighted by molar-refractivity contribution is -0.00911. The van der Waals surface area contributed by atoms with Crippen LogP contribution in [0.15, 0.2) is 24.5 Å². The van der Waals surface area contributed by atoms with Gasteiger partial charge in [0.1, 0.15) is 5.82 Å². The topological polar surface area (TPSA) is 45.2 Å². The summed E-state index contributed by atoms with van der Waals surface area (Å²) in [5, 5.41) is 0. The first-order valence-electron chi connectivity index (χ1n) is 8.01. The Bertz CT molecular complexity index is 702. The monoisotopic (exact) mass is 313 g/mol. The molecule has 2 atom stereocenters. The van der Waals surface area contributed by atoms with Crippen LogP contribution in [0.4, 0.5) is 10.3 Å². The Balaban J connectivity index is 1.46. The number of rotatable bonds is 3. The van der Waals surface area contributed by atoms with E-state index in [1.165, 1.54) is 12.6 Å². The highest BCUT2D eigenvalue weighted by Crippen LogP contribution is 2.35. The van der Waals surface area contributed by atoms with Crippen molar-refractivity contribution in [1.82, 2.24) is 19.9 Å². The zero-order valence-electron chi connectivity index (χ0n) is 13.4. The van der Waals surface area contributed by atoms with Gasteiger partial charge in [-0.3, -0.25) is 9.88 Å². The van der Waals surface area contributed by atoms with Gasteiger partial charge in [-0.15, -0.1) is 0 Å². The molecule has 2 unspecified atom stereocenters. The van der Waals surface area contributed by atoms with Crippen LogP contribution in [0, 0.1) is 19.7 Å². The van der Waals surface area contributed by atoms with Gasteiger partial charge < -0.3 is 4.90 Å². The van der Waals surface area contributed by atoms with Gasteiger partial charge in [-0.1, -0.05) is 0 Å². The van der Waals surface area contributed by atoms with Crippen molar-refractivity contribution >= 4 is 5.95 Å². The average Bonchev–Trinajstić information content (AvgIpc) is 2.52. The van der Waals surface area contributed by atoms with E-state index < -0.39 is 0 Å². The first kappa shape index (κ1) is 14.5. The van der Waals surface area contributed by atoms with Crippen molar-refractivity contribution in [1.29, 1.82) is 0 Å². The minimum atomic E-state index is -0.265. The Morgan fingerprint density at radius 2 is 1.78 bits per heavy atom. The van der Waals surface area contributed by atoms with Crippen LogP contribution in [0.25, 0.3) is 0 Å². The predicted molar refractivity (Wildman–Crippen MR) is 85.7 cm³/mol. The van der Waals surface area contributed by atoms with E-state index in [0.29, 0.717) is 12.1 Å². The number of piperidine rings is 1. The summed E-state index contributed by atoms with van der Waals surface area (Å²) >= 11 is 0. The third-order valence-electron chi connectivity index (χ3n) is 4.72. The molecular weight excluding hydrogens is 293 g/mol. The number of hydrogen-bond acceptors (Lipinski definition) is 5. The van der Waals surface area contributed by atoms with E-state index in [-0.39, 0.29) is 5.82 Å². The lowest BCUT2D eigenvalue weighted by Gasteiger charge is -2.56. The van der Waals surface area contributed by atoms with Gasteiger partial charge in [0, 0.05) is 49.3 Å². The van der Waals surface area contributed by atoms with E-state index in [1.54, 1.807) is 12.3 Å². The Morgan fingerprint density at radius 3 is 2.43 bits per heavy atom. The van der Waals surface area contributed by atoms with Gasteiger partial charge in [0.2, 0.25) is 5.95 Å². The van der Waals surface area contributed by atoms with Crippen molar-refractivity contribution in [2.24, 2.45) is 0 Å². The number of pyridine rings is 1. The Hall–Kier alpha value is -2.08. The highest BCUT2D eigenvalue weighted by molar-refractivity contribution is 5.36. The van der Waals surface area contributed by atoms with Gasteiger partial charge >= 0.3 is 0 Å². The summed E-state index contributed by atoms with van der Waals surface area (Å²) in [4.78, 5) is 17.8. The van der Waals surface area contributed by atoms with Gasteiger partial charge in [0.25, 0.3) is 0 Å². The molecule has 3 aliphatic rings. The first-order chi connectivity index (χ1) is 11.1. The minimum absolute atomic E-state index is 0.265. The van der Waals surface area contributed by atoms with E-state index >= 15 is 0 Å². The maximum absolute atomic E-state index is 13.3. The molecule has 2 aromatic heterocycles. The highest BCUT2D eigenvalue weighted by atomic mass is 19.1. The quantitative estimate of drug-likeness (QED) is 0.868. The molecule has 0 amide bonds. The van der Waals surface area contributed by atoms with Crippen LogP contribution in [-0.2, 0) is 6.54 Å². The van der Waals surface area contributed by atoms with Crippen LogP contribution in [0.2, 0.25) is 0 Å². The maximum Gasteiger partial charge on any atom is 0.225 e. The molecule has 6 heteroatoms. The Morgan fingerprint density at radius 1 is 1.09 bits per heavy atom. The molecule has 2 aromatic rings. The van der Waals surface area contributed by atoms with Crippen LogP contribution in [0.1, 0.15) is 23.4 Å². The van der Waals surface area contributed by atoms with Gasteiger partial charge in [-0.25, -0.2) is 14.4 Å². The number of nitrogens with zero attached hydrogens (tertiary/aromatic N) is 5. The number of anilines is 1. The standard InChI is InChI=1S/C17H20FN5/c1-11-3-12(2)21-17(20-11)22-9-15-5-16(10-22)23(15)8-13-4-14(18)7-19-6-13/h3-4,6-7,15-16H,5,8-10H2,1-2H3. The van der Waals surface area contributed by atoms with Crippen molar-refractivity contribution in [3.8, 4) is 0 Å². The van der Waals surface area contributed by atoms with E-state index in [9.17, 15) is 4.39 Å². The Kier molecular flexibility index (Phi) is 3.49. The van der Waals surface area contributed by atoms with Crippen molar-refractivity contribution in [2.45, 2.75) is 38.9 Å². The molecular formula is C17H20FN5. The molecule has 0 aromatic carbocycles. The first-order valence-corrected chi connectivity index (χ1v) is 8.01. The maximum atomic E-state index is 13.3. The van der Waals surface area contributed by atoms with Gasteiger partial charge in [0.15, 0.2) is 0 Å². The van der Waals surface area contributed by atoms with Crippen LogP contribution in [0.3, 0.4) is 0 Å². The third-order valence-corrected chi connectivity index (χ3v) is 4.72. The van der Waals surface area contributed by atoms with Gasteiger partial charge in [-0.05, 0) is 38.0 Å². The molecule has 3 fully saturated rings. The molecule has 5 heterocycles. The van der Waals surface area contributed by atoms with E-state index in [2.05, 4.69) is 24.8 Å². The van der Waals surface area contributed by atoms with Gasteiger partial charge in [-0.2, -0.15) is 0 Å². The summed E-state index contributed by atoms with van der Waals surface area (Å²) < 4.78 is 13.3. The average molecular weight is 313 g/mol. The number of fused-ring (bicyclic) bond motifs is 2. The predicted octanol–water partition coefficient (Wildman–Crippen LogP) is 2.09. The molecule has 5 nitrogen and oxygen atoms in total. The molecule has 3 aliphatic heterocycles. The zero-order valence-corrected chi connectivity index (χ0v) is 13.4. The molecule has 0 saturated carbocycles. The highest BCUT2D eigenvalue weighted by Gasteiger charge is 2.45. The fraction of sp³-hybridized carbons (Fsp3) is 0.471. The van der Waals surface area contributed by atoms with E-state index in [1.807, 2.05) is 19.9 Å². The molecule has 3 saturated heterocycles. The number of halogens is 1. The third kappa shape index (κ3) is 2.79. The molecule has 2 bridgehead atoms. The van der Waals surface area contributed by atoms with Gasteiger partial charge in [0.05, 0.1) is 6.20 Å². The SMILES string of the molecule is Cc1cc(C)nc(N2CC3CC(C2)N3Cc2cncc(F)c2)n1. The van der Waals surface area contributed by atoms with Crippen molar-refractivity contribution < 1.29 is 4.39 Å². The fourth-order valence-electron chi connectivity index (χ4n) is 3.71. The van der Waals surface area contributed by atoms with E-state index in [0.717, 1.165) is 42.5 Å². The molecule has 0 spiro atoms. The molecule has 120 valence electrons. The summed E-state index contributed by atoms with van der Waals surface area (Å²) in [6.45, 7) is 6.64. The lowest BCUT2D eigenvalue weighted by Crippen LogP contribution is -2.68. The van der Waals surface area contributed by atoms with Crippen LogP contribution in [0.5, 0.6) is 0 Å². The van der Waals surface area contributed by atoms with Crippen LogP contribution >= 0.6 is 0 Å². The number of aryl methyl sites for hydroxylation is 2. The molecule has 0 radical (unpaired) electrons. The second-order valence-corrected chi connectivity index (χ2v) is 6.58. The molecule has 0 aliphatic carbocycles. The van der Waals surface area contributed by atoms with Crippen molar-refractivity contribution in [3.05, 3.63) is 47.3 Å². The lowest BCUT2D eigenvalue weighted by atomic mass is 9.87. The minimum Gasteiger partial charge on any atom is -0.338 e. The van der Waals surface area contributed by atoms with Crippen molar-refractivity contribution in [2.75, 3.05) is 18.0 Å². The van der Waals surface area contributed by atoms with E-state index in [4.69, 9.17) is 0 Å². The number of hydrogen-bond donors (Lipinski definition) is 0. The molecule has 0 N–H and O–H groups in total. The Labute approximate surface area is 135 Å². The second kappa shape index (κ2) is 5.53. The zero-order chi connectivity index (χ0) is 16.0. The largest absolute Gasteiger partial charge is 0.338 e. The van der Waals surface area contributed by atoms with Crippen molar-refractivity contribution in [3.63, 3.8) is 0 Å². The number of piperazine rings is 1.